The molecule has 0 aromatic heterocycles. The molecule has 0 fully saturated rings. The molecule has 0 aliphatic heterocycles. The number of nitrogens with one attached hydrogen (secondary N) is 1. The minimum absolute atomic E-state index is 0.259. The fourth-order valence-electron chi connectivity index (χ4n) is 1.56. The number of carbonyl (C=O) groups excluding carboxylic acids is 1. The predicted molar refractivity (Wildman–Crippen MR) is 86.0 cm³/mol. The second-order valence-corrected chi connectivity index (χ2v) is 6.06. The van der Waals surface area contributed by atoms with Gasteiger partial charge in [-0.2, -0.15) is 5.26 Å². The summed E-state index contributed by atoms with van der Waals surface area (Å²) in [6, 6.07) is 12.0. The molecule has 2 aromatic carbocycles. The predicted octanol–water partition coefficient (Wildman–Crippen LogP) is 4.99. The van der Waals surface area contributed by atoms with Crippen LogP contribution in [0.15, 0.2) is 45.3 Å². The Morgan fingerprint density at radius 1 is 1.20 bits per heavy atom. The summed E-state index contributed by atoms with van der Waals surface area (Å²) in [6.07, 6.45) is 0. The molecule has 100 valence electrons. The van der Waals surface area contributed by atoms with Crippen LogP contribution in [-0.2, 0) is 0 Å². The van der Waals surface area contributed by atoms with Crippen LogP contribution in [0.2, 0.25) is 5.02 Å². The minimum Gasteiger partial charge on any atom is -0.322 e. The van der Waals surface area contributed by atoms with Gasteiger partial charge >= 0.3 is 0 Å². The lowest BCUT2D eigenvalue weighted by Gasteiger charge is -2.08. The third-order valence-electron chi connectivity index (χ3n) is 2.52. The molecule has 0 spiro atoms. The van der Waals surface area contributed by atoms with Crippen LogP contribution in [-0.4, -0.2) is 5.91 Å². The summed E-state index contributed by atoms with van der Waals surface area (Å²) in [5.41, 5.74) is 1.41. The van der Waals surface area contributed by atoms with Gasteiger partial charge in [0.25, 0.3) is 5.91 Å². The van der Waals surface area contributed by atoms with Crippen LogP contribution < -0.4 is 5.32 Å². The Morgan fingerprint density at radius 3 is 2.55 bits per heavy atom. The van der Waals surface area contributed by atoms with Crippen LogP contribution in [0.25, 0.3) is 0 Å². The summed E-state index contributed by atoms with van der Waals surface area (Å²) in [5.74, 6) is -0.259. The quantitative estimate of drug-likeness (QED) is 0.753. The van der Waals surface area contributed by atoms with Crippen molar-refractivity contribution in [1.29, 1.82) is 5.26 Å². The molecule has 0 radical (unpaired) electrons. The standard InChI is InChI=1S/C14H7Br2ClN2O/c15-9-2-4-11(12(16)5-9)14(20)19-10-3-1-8(7-18)13(17)6-10/h1-6H,(H,19,20). The van der Waals surface area contributed by atoms with Crippen LogP contribution in [0.4, 0.5) is 5.69 Å². The maximum absolute atomic E-state index is 12.1. The van der Waals surface area contributed by atoms with Crippen molar-refractivity contribution in [3.8, 4) is 6.07 Å². The molecule has 3 nitrogen and oxygen atoms in total. The molecule has 2 rings (SSSR count). The van der Waals surface area contributed by atoms with Crippen LogP contribution in [0.3, 0.4) is 0 Å². The Kier molecular flexibility index (Phi) is 4.81. The van der Waals surface area contributed by atoms with E-state index in [0.29, 0.717) is 26.3 Å². The van der Waals surface area contributed by atoms with Gasteiger partial charge in [-0.05, 0) is 52.3 Å². The van der Waals surface area contributed by atoms with E-state index in [1.165, 1.54) is 0 Å². The summed E-state index contributed by atoms with van der Waals surface area (Å²) in [6.45, 7) is 0. The van der Waals surface area contributed by atoms with Gasteiger partial charge in [-0.3, -0.25) is 4.79 Å². The van der Waals surface area contributed by atoms with Gasteiger partial charge in [0, 0.05) is 14.6 Å². The van der Waals surface area contributed by atoms with E-state index in [-0.39, 0.29) is 5.91 Å². The molecule has 6 heteroatoms. The van der Waals surface area contributed by atoms with Crippen molar-refractivity contribution in [1.82, 2.24) is 0 Å². The number of benzene rings is 2. The molecule has 20 heavy (non-hydrogen) atoms. The van der Waals surface area contributed by atoms with E-state index < -0.39 is 0 Å². The Labute approximate surface area is 137 Å². The van der Waals surface area contributed by atoms with Gasteiger partial charge in [0.1, 0.15) is 6.07 Å². The first kappa shape index (κ1) is 15.0. The number of hydrogen-bond donors (Lipinski definition) is 1. The highest BCUT2D eigenvalue weighted by molar-refractivity contribution is 9.11. The molecule has 1 amide bonds. The first-order valence-corrected chi connectivity index (χ1v) is 7.43. The highest BCUT2D eigenvalue weighted by Crippen LogP contribution is 2.24. The number of halogens is 3. The Morgan fingerprint density at radius 2 is 1.95 bits per heavy atom. The van der Waals surface area contributed by atoms with Gasteiger partial charge in [-0.25, -0.2) is 0 Å². The molecule has 0 aliphatic rings. The summed E-state index contributed by atoms with van der Waals surface area (Å²) < 4.78 is 1.56. The fourth-order valence-corrected chi connectivity index (χ4v) is 3.01. The molecule has 2 aromatic rings. The highest BCUT2D eigenvalue weighted by Gasteiger charge is 2.11. The molecule has 0 aliphatic carbocycles. The SMILES string of the molecule is N#Cc1ccc(NC(=O)c2ccc(Br)cc2Br)cc1Cl. The van der Waals surface area contributed by atoms with Gasteiger partial charge in [0.15, 0.2) is 0 Å². The van der Waals surface area contributed by atoms with E-state index >= 15 is 0 Å². The largest absolute Gasteiger partial charge is 0.322 e. The van der Waals surface area contributed by atoms with Gasteiger partial charge in [0.2, 0.25) is 0 Å². The molecule has 0 atom stereocenters. The molecule has 1 N–H and O–H groups in total. The zero-order valence-electron chi connectivity index (χ0n) is 9.95. The molecule has 0 heterocycles. The van der Waals surface area contributed by atoms with Crippen LogP contribution in [0.5, 0.6) is 0 Å². The van der Waals surface area contributed by atoms with E-state index in [1.807, 2.05) is 6.07 Å². The average Bonchev–Trinajstić information content (AvgIpc) is 2.38. The van der Waals surface area contributed by atoms with Crippen molar-refractivity contribution in [2.75, 3.05) is 5.32 Å². The normalized spacial score (nSPS) is 9.90. The maximum Gasteiger partial charge on any atom is 0.256 e. The van der Waals surface area contributed by atoms with Crippen molar-refractivity contribution < 1.29 is 4.79 Å². The van der Waals surface area contributed by atoms with E-state index in [0.717, 1.165) is 4.47 Å². The van der Waals surface area contributed by atoms with E-state index in [2.05, 4.69) is 37.2 Å². The average molecular weight is 414 g/mol. The van der Waals surface area contributed by atoms with Gasteiger partial charge in [-0.1, -0.05) is 27.5 Å². The summed E-state index contributed by atoms with van der Waals surface area (Å²) >= 11 is 12.6. The molecule has 0 saturated carbocycles. The molecule has 0 bridgehead atoms. The van der Waals surface area contributed by atoms with Crippen molar-refractivity contribution in [2.45, 2.75) is 0 Å². The lowest BCUT2D eigenvalue weighted by molar-refractivity contribution is 0.102. The first-order valence-electron chi connectivity index (χ1n) is 5.47. The molecular formula is C14H7Br2ClN2O. The second-order valence-electron chi connectivity index (χ2n) is 3.88. The lowest BCUT2D eigenvalue weighted by atomic mass is 10.2. The van der Waals surface area contributed by atoms with E-state index in [9.17, 15) is 4.79 Å². The second kappa shape index (κ2) is 6.40. The highest BCUT2D eigenvalue weighted by atomic mass is 79.9. The minimum atomic E-state index is -0.259. The van der Waals surface area contributed by atoms with Crippen LogP contribution in [0.1, 0.15) is 15.9 Å². The summed E-state index contributed by atoms with van der Waals surface area (Å²) in [5, 5.41) is 11.8. The third-order valence-corrected chi connectivity index (χ3v) is 3.99. The Bertz CT molecular complexity index is 726. The number of rotatable bonds is 2. The Hall–Kier alpha value is -1.35. The van der Waals surface area contributed by atoms with Gasteiger partial charge in [-0.15, -0.1) is 0 Å². The molecule has 0 saturated heterocycles. The first-order chi connectivity index (χ1) is 9.51. The van der Waals surface area contributed by atoms with Crippen molar-refractivity contribution in [3.05, 3.63) is 61.5 Å². The van der Waals surface area contributed by atoms with E-state index in [4.69, 9.17) is 16.9 Å². The van der Waals surface area contributed by atoms with Crippen molar-refractivity contribution >= 4 is 55.1 Å². The van der Waals surface area contributed by atoms with Crippen molar-refractivity contribution in [2.24, 2.45) is 0 Å². The van der Waals surface area contributed by atoms with Gasteiger partial charge < -0.3 is 5.32 Å². The number of nitriles is 1. The molecule has 0 unspecified atom stereocenters. The third kappa shape index (κ3) is 3.40. The van der Waals surface area contributed by atoms with Gasteiger partial charge in [0.05, 0.1) is 16.1 Å². The number of nitrogens with zero attached hydrogens (tertiary/aromatic N) is 1. The Balaban J connectivity index is 2.24. The fraction of sp³-hybridized carbons (Fsp3) is 0. The lowest BCUT2D eigenvalue weighted by Crippen LogP contribution is -2.12. The smallest absolute Gasteiger partial charge is 0.256 e. The van der Waals surface area contributed by atoms with Crippen molar-refractivity contribution in [3.63, 3.8) is 0 Å². The summed E-state index contributed by atoms with van der Waals surface area (Å²) in [7, 11) is 0. The number of anilines is 1. The maximum atomic E-state index is 12.1. The summed E-state index contributed by atoms with van der Waals surface area (Å²) in [4.78, 5) is 12.1. The number of carbonyl (C=O) groups is 1. The topological polar surface area (TPSA) is 52.9 Å². The zero-order valence-corrected chi connectivity index (χ0v) is 13.9. The number of hydrogen-bond acceptors (Lipinski definition) is 2. The van der Waals surface area contributed by atoms with Crippen LogP contribution >= 0.6 is 43.5 Å². The van der Waals surface area contributed by atoms with Crippen LogP contribution in [0, 0.1) is 11.3 Å². The zero-order chi connectivity index (χ0) is 14.7. The van der Waals surface area contributed by atoms with E-state index in [1.54, 1.807) is 36.4 Å². The number of amides is 1. The monoisotopic (exact) mass is 412 g/mol. The molecular weight excluding hydrogens is 407 g/mol.